The molecule has 0 aliphatic heterocycles. The van der Waals surface area contributed by atoms with Gasteiger partial charge in [-0.25, -0.2) is 15.0 Å². The van der Waals surface area contributed by atoms with Gasteiger partial charge in [0.2, 0.25) is 0 Å². The van der Waals surface area contributed by atoms with Crippen molar-refractivity contribution in [2.45, 2.75) is 12.3 Å². The Labute approximate surface area is 356 Å². The van der Waals surface area contributed by atoms with Crippen LogP contribution in [0.25, 0.3) is 116 Å². The second-order valence-electron chi connectivity index (χ2n) is 16.3. The van der Waals surface area contributed by atoms with Crippen LogP contribution in [0.4, 0.5) is 0 Å². The summed E-state index contributed by atoms with van der Waals surface area (Å²) >= 11 is 0. The molecule has 13 rings (SSSR count). The Kier molecular flexibility index (Phi) is 7.66. The standard InChI is InChI=1S/C57H36N4O/c1-3-14-35(15-4-1)43-22-11-12-23-45(43)57-59-55(36-16-5-2-6-17-36)58-56(60-57)42-26-28-44-41(30-42)27-29-52-53(44)54-48(24-13-25-51(54)62-52)61-49-33-39-20-9-7-18-37(39)31-46(49)47-32-38-19-8-10-21-40(38)34-50(47)61/h1-14,16-35H,15H2. The van der Waals surface area contributed by atoms with Crippen LogP contribution in [0.15, 0.2) is 205 Å². The van der Waals surface area contributed by atoms with Crippen LogP contribution in [0.3, 0.4) is 0 Å². The lowest BCUT2D eigenvalue weighted by Gasteiger charge is -2.18. The topological polar surface area (TPSA) is 56.7 Å². The van der Waals surface area contributed by atoms with Gasteiger partial charge in [0.1, 0.15) is 11.2 Å². The zero-order valence-corrected chi connectivity index (χ0v) is 33.5. The van der Waals surface area contributed by atoms with E-state index < -0.39 is 0 Å². The predicted molar refractivity (Wildman–Crippen MR) is 256 cm³/mol. The molecule has 5 heteroatoms. The maximum absolute atomic E-state index is 6.71. The first kappa shape index (κ1) is 34.7. The molecule has 0 amide bonds. The molecule has 0 radical (unpaired) electrons. The summed E-state index contributed by atoms with van der Waals surface area (Å²) in [5.41, 5.74) is 9.20. The van der Waals surface area contributed by atoms with Crippen molar-refractivity contribution in [2.75, 3.05) is 0 Å². The highest BCUT2D eigenvalue weighted by Gasteiger charge is 2.22. The average molecular weight is 793 g/mol. The van der Waals surface area contributed by atoms with E-state index in [0.717, 1.165) is 72.5 Å². The largest absolute Gasteiger partial charge is 0.456 e. The van der Waals surface area contributed by atoms with E-state index in [1.54, 1.807) is 0 Å². The molecular weight excluding hydrogens is 757 g/mol. The number of benzene rings is 9. The molecule has 1 aliphatic rings. The van der Waals surface area contributed by atoms with Crippen molar-refractivity contribution in [2.24, 2.45) is 0 Å². The monoisotopic (exact) mass is 792 g/mol. The first-order chi connectivity index (χ1) is 30.7. The summed E-state index contributed by atoms with van der Waals surface area (Å²) in [4.78, 5) is 15.5. The van der Waals surface area contributed by atoms with Gasteiger partial charge in [0.25, 0.3) is 0 Å². The van der Waals surface area contributed by atoms with Crippen molar-refractivity contribution < 1.29 is 4.42 Å². The number of hydrogen-bond donors (Lipinski definition) is 0. The molecule has 1 aliphatic carbocycles. The third-order valence-electron chi connectivity index (χ3n) is 12.7. The van der Waals surface area contributed by atoms with Gasteiger partial charge in [0.05, 0.1) is 22.1 Å². The maximum Gasteiger partial charge on any atom is 0.164 e. The predicted octanol–water partition coefficient (Wildman–Crippen LogP) is 14.9. The molecule has 9 aromatic carbocycles. The summed E-state index contributed by atoms with van der Waals surface area (Å²) in [7, 11) is 0. The summed E-state index contributed by atoms with van der Waals surface area (Å²) in [6.45, 7) is 0. The lowest BCUT2D eigenvalue weighted by molar-refractivity contribution is 0.669. The smallest absolute Gasteiger partial charge is 0.164 e. The zero-order valence-electron chi connectivity index (χ0n) is 33.5. The Balaban J connectivity index is 1.03. The molecule has 1 atom stereocenters. The number of aromatic nitrogens is 4. The lowest BCUT2D eigenvalue weighted by Crippen LogP contribution is -2.04. The van der Waals surface area contributed by atoms with Crippen molar-refractivity contribution >= 4 is 76.1 Å². The van der Waals surface area contributed by atoms with Gasteiger partial charge in [0.15, 0.2) is 17.5 Å². The van der Waals surface area contributed by atoms with Crippen LogP contribution >= 0.6 is 0 Å². The van der Waals surface area contributed by atoms with Gasteiger partial charge in [0, 0.05) is 38.8 Å². The van der Waals surface area contributed by atoms with Crippen molar-refractivity contribution in [3.8, 4) is 39.9 Å². The molecule has 0 N–H and O–H groups in total. The normalized spacial score (nSPS) is 14.1. The van der Waals surface area contributed by atoms with Gasteiger partial charge >= 0.3 is 0 Å². The summed E-state index contributed by atoms with van der Waals surface area (Å²) in [6, 6.07) is 62.6. The van der Waals surface area contributed by atoms with Crippen LogP contribution in [-0.2, 0) is 0 Å². The van der Waals surface area contributed by atoms with Crippen molar-refractivity contribution in [1.29, 1.82) is 0 Å². The van der Waals surface area contributed by atoms with E-state index in [1.807, 2.05) is 18.2 Å². The number of nitrogens with zero attached hydrogens (tertiary/aromatic N) is 4. The molecule has 0 bridgehead atoms. The van der Waals surface area contributed by atoms with E-state index in [4.69, 9.17) is 19.4 Å². The average Bonchev–Trinajstić information content (AvgIpc) is 3.88. The maximum atomic E-state index is 6.71. The highest BCUT2D eigenvalue weighted by atomic mass is 16.3. The fourth-order valence-electron chi connectivity index (χ4n) is 9.78. The number of hydrogen-bond acceptors (Lipinski definition) is 4. The van der Waals surface area contributed by atoms with E-state index in [2.05, 4.69) is 187 Å². The lowest BCUT2D eigenvalue weighted by atomic mass is 9.89. The fourth-order valence-corrected chi connectivity index (χ4v) is 9.78. The molecule has 5 nitrogen and oxygen atoms in total. The molecule has 62 heavy (non-hydrogen) atoms. The molecule has 12 aromatic rings. The Morgan fingerprint density at radius 3 is 1.82 bits per heavy atom. The first-order valence-corrected chi connectivity index (χ1v) is 21.2. The van der Waals surface area contributed by atoms with Gasteiger partial charge in [-0.2, -0.15) is 0 Å². The minimum Gasteiger partial charge on any atom is -0.456 e. The van der Waals surface area contributed by atoms with Gasteiger partial charge < -0.3 is 8.98 Å². The van der Waals surface area contributed by atoms with E-state index in [0.29, 0.717) is 17.5 Å². The van der Waals surface area contributed by atoms with Gasteiger partial charge in [-0.1, -0.05) is 152 Å². The minimum atomic E-state index is 0.246. The summed E-state index contributed by atoms with van der Waals surface area (Å²) in [5, 5.41) is 11.7. The van der Waals surface area contributed by atoms with Crippen LogP contribution in [0, 0.1) is 0 Å². The van der Waals surface area contributed by atoms with Crippen LogP contribution in [0.1, 0.15) is 17.9 Å². The van der Waals surface area contributed by atoms with Gasteiger partial charge in [-0.3, -0.25) is 0 Å². The molecule has 3 aromatic heterocycles. The van der Waals surface area contributed by atoms with Crippen LogP contribution in [0.2, 0.25) is 0 Å². The molecule has 290 valence electrons. The second kappa shape index (κ2) is 13.7. The third kappa shape index (κ3) is 5.45. The minimum absolute atomic E-state index is 0.246. The van der Waals surface area contributed by atoms with Crippen molar-refractivity contribution in [3.05, 3.63) is 206 Å². The highest BCUT2D eigenvalue weighted by molar-refractivity contribution is 6.23. The summed E-state index contributed by atoms with van der Waals surface area (Å²) < 4.78 is 9.16. The van der Waals surface area contributed by atoms with Crippen molar-refractivity contribution in [3.63, 3.8) is 0 Å². The Bertz CT molecular complexity index is 3760. The number of allylic oxidation sites excluding steroid dienone is 4. The van der Waals surface area contributed by atoms with Crippen LogP contribution < -0.4 is 0 Å². The number of fused-ring (bicyclic) bond motifs is 10. The zero-order chi connectivity index (χ0) is 40.7. The number of rotatable bonds is 5. The summed E-state index contributed by atoms with van der Waals surface area (Å²) in [6.07, 6.45) is 9.66. The van der Waals surface area contributed by atoms with E-state index in [9.17, 15) is 0 Å². The third-order valence-corrected chi connectivity index (χ3v) is 12.7. The van der Waals surface area contributed by atoms with Gasteiger partial charge in [-0.15, -0.1) is 0 Å². The second-order valence-corrected chi connectivity index (χ2v) is 16.3. The quantitative estimate of drug-likeness (QED) is 0.174. The Hall–Kier alpha value is -8.15. The molecule has 3 heterocycles. The first-order valence-electron chi connectivity index (χ1n) is 21.2. The molecule has 0 fully saturated rings. The highest BCUT2D eigenvalue weighted by Crippen LogP contribution is 2.43. The molecule has 0 saturated heterocycles. The molecule has 1 unspecified atom stereocenters. The fraction of sp³-hybridized carbons (Fsp3) is 0.0351. The molecular formula is C57H36N4O. The Morgan fingerprint density at radius 1 is 0.452 bits per heavy atom. The van der Waals surface area contributed by atoms with E-state index in [-0.39, 0.29) is 5.92 Å². The number of furan rings is 1. The molecule has 0 saturated carbocycles. The molecule has 0 spiro atoms. The van der Waals surface area contributed by atoms with Crippen molar-refractivity contribution in [1.82, 2.24) is 19.5 Å². The van der Waals surface area contributed by atoms with Crippen LogP contribution in [-0.4, -0.2) is 19.5 Å². The SMILES string of the molecule is C1=CCC(c2ccccc2-c2nc(-c3ccccc3)nc(-c3ccc4c(ccc5oc6cccc(-n7c8cc9ccccc9cc8c8cc9ccccc9cc87)c6c54)c3)n2)C=C1. The van der Waals surface area contributed by atoms with Crippen LogP contribution in [0.5, 0.6) is 0 Å². The van der Waals surface area contributed by atoms with E-state index >= 15 is 0 Å². The Morgan fingerprint density at radius 2 is 1.10 bits per heavy atom. The van der Waals surface area contributed by atoms with Gasteiger partial charge in [-0.05, 0) is 92.8 Å². The summed E-state index contributed by atoms with van der Waals surface area (Å²) in [5.74, 6) is 2.19. The van der Waals surface area contributed by atoms with E-state index in [1.165, 1.54) is 37.9 Å².